The van der Waals surface area contributed by atoms with E-state index in [2.05, 4.69) is 10.5 Å². The van der Waals surface area contributed by atoms with Gasteiger partial charge in [0.1, 0.15) is 16.8 Å². The van der Waals surface area contributed by atoms with Gasteiger partial charge < -0.3 is 5.73 Å². The molecule has 0 fully saturated rings. The number of nitrogens with two attached hydrogens (primary N) is 1. The van der Waals surface area contributed by atoms with Crippen molar-refractivity contribution in [2.24, 2.45) is 10.8 Å². The van der Waals surface area contributed by atoms with Crippen LogP contribution in [0.3, 0.4) is 0 Å². The number of nitro groups is 1. The number of hydrazone groups is 1. The number of nitrogens with zero attached hydrogens (tertiary/aromatic N) is 3. The fourth-order valence-corrected chi connectivity index (χ4v) is 1.57. The van der Waals surface area contributed by atoms with Crippen LogP contribution in [0.4, 0.5) is 11.4 Å². The summed E-state index contributed by atoms with van der Waals surface area (Å²) in [5.74, 6) is -0.562. The number of nitriles is 1. The average molecular weight is 301 g/mol. The van der Waals surface area contributed by atoms with Crippen molar-refractivity contribution in [1.29, 1.82) is 10.7 Å². The monoisotopic (exact) mass is 300 g/mol. The molecule has 0 radical (unpaired) electrons. The molecular formula is C9H6Cl2N6O2. The zero-order valence-corrected chi connectivity index (χ0v) is 10.7. The highest BCUT2D eigenvalue weighted by molar-refractivity contribution is 6.46. The van der Waals surface area contributed by atoms with Gasteiger partial charge in [-0.3, -0.25) is 20.9 Å². The molecule has 0 bridgehead atoms. The first-order valence-electron chi connectivity index (χ1n) is 4.59. The molecule has 0 aliphatic rings. The van der Waals surface area contributed by atoms with E-state index < -0.39 is 16.5 Å². The van der Waals surface area contributed by atoms with Gasteiger partial charge in [0.05, 0.1) is 9.95 Å². The van der Waals surface area contributed by atoms with E-state index in [4.69, 9.17) is 39.6 Å². The van der Waals surface area contributed by atoms with Crippen molar-refractivity contribution < 1.29 is 4.92 Å². The van der Waals surface area contributed by atoms with Crippen LogP contribution in [0.1, 0.15) is 0 Å². The van der Waals surface area contributed by atoms with Crippen LogP contribution in [0.15, 0.2) is 17.2 Å². The van der Waals surface area contributed by atoms with Crippen molar-refractivity contribution in [1.82, 2.24) is 0 Å². The van der Waals surface area contributed by atoms with Gasteiger partial charge in [0.15, 0.2) is 5.84 Å². The Labute approximate surface area is 117 Å². The van der Waals surface area contributed by atoms with Crippen molar-refractivity contribution in [3.63, 3.8) is 0 Å². The molecule has 19 heavy (non-hydrogen) atoms. The van der Waals surface area contributed by atoms with Crippen molar-refractivity contribution >= 4 is 46.1 Å². The molecule has 4 N–H and O–H groups in total. The van der Waals surface area contributed by atoms with Crippen LogP contribution in [0.25, 0.3) is 0 Å². The summed E-state index contributed by atoms with van der Waals surface area (Å²) in [6.07, 6.45) is 0. The van der Waals surface area contributed by atoms with Crippen LogP contribution in [0.2, 0.25) is 10.0 Å². The normalized spacial score (nSPS) is 10.7. The lowest BCUT2D eigenvalue weighted by Crippen LogP contribution is -2.21. The van der Waals surface area contributed by atoms with Gasteiger partial charge in [0.25, 0.3) is 5.69 Å². The largest absolute Gasteiger partial charge is 0.382 e. The van der Waals surface area contributed by atoms with Crippen molar-refractivity contribution in [2.75, 3.05) is 5.43 Å². The van der Waals surface area contributed by atoms with Crippen molar-refractivity contribution in [2.45, 2.75) is 0 Å². The number of hydrogen-bond acceptors (Lipinski definition) is 6. The minimum absolute atomic E-state index is 0.0495. The SMILES string of the molecule is N#C/C(=N\Nc1c(Cl)ccc([N+](=O)[O-])c1Cl)C(=N)N. The molecule has 0 unspecified atom stereocenters. The third-order valence-corrected chi connectivity index (χ3v) is 2.61. The quantitative estimate of drug-likeness (QED) is 0.338. The zero-order chi connectivity index (χ0) is 14.6. The summed E-state index contributed by atoms with van der Waals surface area (Å²) in [7, 11) is 0. The highest BCUT2D eigenvalue weighted by Gasteiger charge is 2.18. The molecule has 0 aromatic heterocycles. The molecule has 1 rings (SSSR count). The Morgan fingerprint density at radius 1 is 1.58 bits per heavy atom. The lowest BCUT2D eigenvalue weighted by Gasteiger charge is -2.06. The molecule has 1 aromatic carbocycles. The van der Waals surface area contributed by atoms with Gasteiger partial charge in [0, 0.05) is 6.07 Å². The summed E-state index contributed by atoms with van der Waals surface area (Å²) in [5.41, 5.74) is 6.54. The number of benzene rings is 1. The van der Waals surface area contributed by atoms with E-state index in [0.717, 1.165) is 6.07 Å². The van der Waals surface area contributed by atoms with Gasteiger partial charge in [-0.15, -0.1) is 0 Å². The maximum atomic E-state index is 10.7. The summed E-state index contributed by atoms with van der Waals surface area (Å²) in [4.78, 5) is 10.0. The fraction of sp³-hybridized carbons (Fsp3) is 0. The summed E-state index contributed by atoms with van der Waals surface area (Å²) in [6.45, 7) is 0. The highest BCUT2D eigenvalue weighted by atomic mass is 35.5. The number of anilines is 1. The maximum Gasteiger partial charge on any atom is 0.290 e. The Kier molecular flexibility index (Phi) is 4.63. The second-order valence-corrected chi connectivity index (χ2v) is 3.90. The summed E-state index contributed by atoms with van der Waals surface area (Å²) < 4.78 is 0. The molecule has 1 aromatic rings. The summed E-state index contributed by atoms with van der Waals surface area (Å²) >= 11 is 11.6. The van der Waals surface area contributed by atoms with Crippen molar-refractivity contribution in [3.05, 3.63) is 32.3 Å². The third-order valence-electron chi connectivity index (χ3n) is 1.91. The van der Waals surface area contributed by atoms with Crippen LogP contribution in [-0.4, -0.2) is 16.5 Å². The lowest BCUT2D eigenvalue weighted by molar-refractivity contribution is -0.384. The van der Waals surface area contributed by atoms with Gasteiger partial charge in [-0.1, -0.05) is 23.2 Å². The van der Waals surface area contributed by atoms with E-state index in [1.165, 1.54) is 6.07 Å². The molecule has 0 amide bonds. The third kappa shape index (κ3) is 3.31. The highest BCUT2D eigenvalue weighted by Crippen LogP contribution is 2.37. The van der Waals surface area contributed by atoms with E-state index in [9.17, 15) is 10.1 Å². The number of nitrogens with one attached hydrogen (secondary N) is 2. The Morgan fingerprint density at radius 3 is 2.68 bits per heavy atom. The topological polar surface area (TPSA) is 141 Å². The van der Waals surface area contributed by atoms with Gasteiger partial charge in [-0.25, -0.2) is 0 Å². The molecule has 0 spiro atoms. The minimum atomic E-state index is -0.691. The smallest absolute Gasteiger partial charge is 0.290 e. The first-order valence-corrected chi connectivity index (χ1v) is 5.34. The number of nitro benzene ring substituents is 1. The average Bonchev–Trinajstić information content (AvgIpc) is 2.32. The zero-order valence-electron chi connectivity index (χ0n) is 9.15. The van der Waals surface area contributed by atoms with Gasteiger partial charge >= 0.3 is 0 Å². The predicted octanol–water partition coefficient (Wildman–Crippen LogP) is 2.13. The molecule has 0 aliphatic carbocycles. The summed E-state index contributed by atoms with van der Waals surface area (Å²) in [5, 5.41) is 29.7. The number of rotatable bonds is 4. The number of halogens is 2. The molecular weight excluding hydrogens is 295 g/mol. The molecule has 98 valence electrons. The second kappa shape index (κ2) is 5.99. The maximum absolute atomic E-state index is 10.7. The lowest BCUT2D eigenvalue weighted by atomic mass is 10.3. The Bertz CT molecular complexity index is 622. The number of hydrogen-bond donors (Lipinski definition) is 3. The van der Waals surface area contributed by atoms with E-state index >= 15 is 0 Å². The molecule has 0 atom stereocenters. The molecule has 10 heteroatoms. The Morgan fingerprint density at radius 2 is 2.21 bits per heavy atom. The second-order valence-electron chi connectivity index (χ2n) is 3.11. The number of amidine groups is 1. The van der Waals surface area contributed by atoms with Crippen LogP contribution in [0.5, 0.6) is 0 Å². The molecule has 0 aliphatic heterocycles. The van der Waals surface area contributed by atoms with Gasteiger partial charge in [-0.05, 0) is 6.07 Å². The standard InChI is InChI=1S/C9H6Cl2N6O2/c10-4-1-2-6(17(18)19)7(11)8(4)16-15-5(3-12)9(13)14/h1-2,16H,(H3,13,14)/b15-5+. The molecule has 0 heterocycles. The van der Waals surface area contributed by atoms with E-state index in [1.807, 2.05) is 0 Å². The van der Waals surface area contributed by atoms with E-state index in [-0.39, 0.29) is 21.4 Å². The van der Waals surface area contributed by atoms with Gasteiger partial charge in [-0.2, -0.15) is 10.4 Å². The van der Waals surface area contributed by atoms with E-state index in [0.29, 0.717) is 0 Å². The van der Waals surface area contributed by atoms with Crippen LogP contribution >= 0.6 is 23.2 Å². The van der Waals surface area contributed by atoms with Gasteiger partial charge in [0.2, 0.25) is 5.71 Å². The molecule has 0 saturated heterocycles. The van der Waals surface area contributed by atoms with E-state index in [1.54, 1.807) is 6.07 Å². The minimum Gasteiger partial charge on any atom is -0.382 e. The molecule has 0 saturated carbocycles. The fourth-order valence-electron chi connectivity index (χ4n) is 1.04. The van der Waals surface area contributed by atoms with Crippen LogP contribution < -0.4 is 11.2 Å². The summed E-state index contributed by atoms with van der Waals surface area (Å²) in [6, 6.07) is 3.95. The van der Waals surface area contributed by atoms with Crippen molar-refractivity contribution in [3.8, 4) is 6.07 Å². The Balaban J connectivity index is 3.22. The first-order chi connectivity index (χ1) is 8.88. The predicted molar refractivity (Wildman–Crippen MR) is 71.7 cm³/mol. The Hall–Kier alpha value is -2.37. The first kappa shape index (κ1) is 14.7. The van der Waals surface area contributed by atoms with Crippen LogP contribution in [-0.2, 0) is 0 Å². The van der Waals surface area contributed by atoms with Crippen LogP contribution in [0, 0.1) is 26.9 Å². The molecule has 8 nitrogen and oxygen atoms in total.